The standard InChI is InChI=1S/C18H24ClNO3/c1-10(2)9-20-14-8-13(16(21)12(5)19)6-7-15(14)23-17(11(3)4)18(20)22/h6-8,10-12,17H,9H2,1-5H3. The summed E-state index contributed by atoms with van der Waals surface area (Å²) in [5.74, 6) is 0.823. The van der Waals surface area contributed by atoms with Gasteiger partial charge in [0.1, 0.15) is 5.75 Å². The van der Waals surface area contributed by atoms with Gasteiger partial charge in [-0.15, -0.1) is 11.6 Å². The molecule has 1 amide bonds. The second kappa shape index (κ2) is 6.91. The van der Waals surface area contributed by atoms with Gasteiger partial charge in [-0.2, -0.15) is 0 Å². The molecular formula is C18H24ClNO3. The lowest BCUT2D eigenvalue weighted by Gasteiger charge is -2.37. The van der Waals surface area contributed by atoms with Crippen molar-refractivity contribution >= 4 is 29.0 Å². The predicted molar refractivity (Wildman–Crippen MR) is 92.5 cm³/mol. The summed E-state index contributed by atoms with van der Waals surface area (Å²) in [6, 6.07) is 5.19. The molecule has 0 saturated heterocycles. The van der Waals surface area contributed by atoms with Crippen molar-refractivity contribution in [3.8, 4) is 5.75 Å². The van der Waals surface area contributed by atoms with Crippen molar-refractivity contribution in [2.75, 3.05) is 11.4 Å². The van der Waals surface area contributed by atoms with Crippen LogP contribution in [0, 0.1) is 11.8 Å². The van der Waals surface area contributed by atoms with Crippen LogP contribution in [0.2, 0.25) is 0 Å². The summed E-state index contributed by atoms with van der Waals surface area (Å²) in [6.07, 6.45) is -0.491. The smallest absolute Gasteiger partial charge is 0.268 e. The van der Waals surface area contributed by atoms with E-state index < -0.39 is 11.5 Å². The number of alkyl halides is 1. The Hall–Kier alpha value is -1.55. The van der Waals surface area contributed by atoms with Crippen molar-refractivity contribution < 1.29 is 14.3 Å². The first kappa shape index (κ1) is 17.8. The number of hydrogen-bond donors (Lipinski definition) is 0. The molecular weight excluding hydrogens is 314 g/mol. The number of fused-ring (bicyclic) bond motifs is 1. The molecule has 0 aromatic heterocycles. The monoisotopic (exact) mass is 337 g/mol. The fraction of sp³-hybridized carbons (Fsp3) is 0.556. The summed E-state index contributed by atoms with van der Waals surface area (Å²) < 4.78 is 5.88. The number of benzene rings is 1. The maximum atomic E-state index is 12.8. The molecule has 0 spiro atoms. The van der Waals surface area contributed by atoms with Crippen molar-refractivity contribution in [1.82, 2.24) is 0 Å². The van der Waals surface area contributed by atoms with Gasteiger partial charge < -0.3 is 9.64 Å². The van der Waals surface area contributed by atoms with Crippen LogP contribution in [0.5, 0.6) is 5.75 Å². The molecule has 2 rings (SSSR count). The molecule has 0 fully saturated rings. The van der Waals surface area contributed by atoms with Crippen LogP contribution < -0.4 is 9.64 Å². The van der Waals surface area contributed by atoms with Crippen LogP contribution in [-0.2, 0) is 4.79 Å². The van der Waals surface area contributed by atoms with Crippen LogP contribution in [0.25, 0.3) is 0 Å². The molecule has 0 aliphatic carbocycles. The number of nitrogens with zero attached hydrogens (tertiary/aromatic N) is 1. The van der Waals surface area contributed by atoms with Crippen molar-refractivity contribution in [3.63, 3.8) is 0 Å². The van der Waals surface area contributed by atoms with E-state index in [-0.39, 0.29) is 17.6 Å². The lowest BCUT2D eigenvalue weighted by atomic mass is 10.00. The topological polar surface area (TPSA) is 46.6 Å². The van der Waals surface area contributed by atoms with Gasteiger partial charge in [-0.05, 0) is 37.0 Å². The lowest BCUT2D eigenvalue weighted by molar-refractivity contribution is -0.128. The fourth-order valence-electron chi connectivity index (χ4n) is 2.65. The van der Waals surface area contributed by atoms with Gasteiger partial charge in [-0.1, -0.05) is 27.7 Å². The van der Waals surface area contributed by atoms with E-state index in [1.165, 1.54) is 0 Å². The van der Waals surface area contributed by atoms with E-state index in [0.29, 0.717) is 29.5 Å². The van der Waals surface area contributed by atoms with Crippen molar-refractivity contribution in [2.45, 2.75) is 46.1 Å². The summed E-state index contributed by atoms with van der Waals surface area (Å²) in [4.78, 5) is 26.6. The predicted octanol–water partition coefficient (Wildman–Crippen LogP) is 3.90. The summed E-state index contributed by atoms with van der Waals surface area (Å²) in [6.45, 7) is 10.3. The molecule has 1 heterocycles. The molecule has 1 aromatic rings. The molecule has 0 radical (unpaired) electrons. The van der Waals surface area contributed by atoms with Crippen molar-refractivity contribution in [2.24, 2.45) is 11.8 Å². The molecule has 5 heteroatoms. The van der Waals surface area contributed by atoms with E-state index in [2.05, 4.69) is 13.8 Å². The minimum Gasteiger partial charge on any atom is -0.478 e. The second-order valence-corrected chi connectivity index (χ2v) is 7.44. The number of Topliss-reactive ketones (excluding diaryl/α,β-unsaturated/α-hetero) is 1. The zero-order chi connectivity index (χ0) is 17.3. The van der Waals surface area contributed by atoms with Gasteiger partial charge >= 0.3 is 0 Å². The van der Waals surface area contributed by atoms with Gasteiger partial charge in [-0.3, -0.25) is 9.59 Å². The third-order valence-electron chi connectivity index (χ3n) is 3.81. The largest absolute Gasteiger partial charge is 0.478 e. The third-order valence-corrected chi connectivity index (χ3v) is 4.01. The van der Waals surface area contributed by atoms with Crippen molar-refractivity contribution in [1.29, 1.82) is 0 Å². The van der Waals surface area contributed by atoms with Gasteiger partial charge in [0.15, 0.2) is 11.9 Å². The molecule has 1 aromatic carbocycles. The summed E-state index contributed by atoms with van der Waals surface area (Å²) >= 11 is 5.90. The van der Waals surface area contributed by atoms with Crippen LogP contribution >= 0.6 is 11.6 Å². The number of carbonyl (C=O) groups excluding carboxylic acids is 2. The molecule has 2 unspecified atom stereocenters. The first-order chi connectivity index (χ1) is 10.7. The SMILES string of the molecule is CC(C)CN1C(=O)C(C(C)C)Oc2ccc(C(=O)C(C)Cl)cc21. The normalized spacial score (nSPS) is 18.9. The average Bonchev–Trinajstić information content (AvgIpc) is 2.47. The fourth-order valence-corrected chi connectivity index (χ4v) is 2.77. The zero-order valence-corrected chi connectivity index (χ0v) is 15.1. The van der Waals surface area contributed by atoms with Crippen LogP contribution in [-0.4, -0.2) is 29.7 Å². The highest BCUT2D eigenvalue weighted by Crippen LogP contribution is 2.37. The van der Waals surface area contributed by atoms with E-state index in [1.807, 2.05) is 13.8 Å². The van der Waals surface area contributed by atoms with Crippen LogP contribution in [0.3, 0.4) is 0 Å². The average molecular weight is 338 g/mol. The van der Waals surface area contributed by atoms with Crippen LogP contribution in [0.1, 0.15) is 45.0 Å². The minimum atomic E-state index is -0.602. The zero-order valence-electron chi connectivity index (χ0n) is 14.3. The van der Waals surface area contributed by atoms with Crippen molar-refractivity contribution in [3.05, 3.63) is 23.8 Å². The van der Waals surface area contributed by atoms with E-state index in [4.69, 9.17) is 16.3 Å². The third kappa shape index (κ3) is 3.69. The Morgan fingerprint density at radius 1 is 1.26 bits per heavy atom. The molecule has 0 N–H and O–H groups in total. The van der Waals surface area contributed by atoms with Gasteiger partial charge in [0.05, 0.1) is 11.1 Å². The Morgan fingerprint density at radius 3 is 2.43 bits per heavy atom. The number of halogens is 1. The van der Waals surface area contributed by atoms with Gasteiger partial charge in [-0.25, -0.2) is 0 Å². The molecule has 2 atom stereocenters. The number of ether oxygens (including phenoxy) is 1. The number of carbonyl (C=O) groups is 2. The highest BCUT2D eigenvalue weighted by Gasteiger charge is 2.36. The Kier molecular flexibility index (Phi) is 5.35. The number of hydrogen-bond acceptors (Lipinski definition) is 3. The lowest BCUT2D eigenvalue weighted by Crippen LogP contribution is -2.49. The summed E-state index contributed by atoms with van der Waals surface area (Å²) in [5.41, 5.74) is 1.16. The second-order valence-electron chi connectivity index (χ2n) is 6.79. The van der Waals surface area contributed by atoms with Crippen LogP contribution in [0.4, 0.5) is 5.69 Å². The number of amides is 1. The maximum Gasteiger partial charge on any atom is 0.268 e. The van der Waals surface area contributed by atoms with Gasteiger partial charge in [0.2, 0.25) is 0 Å². The Labute approximate surface area is 142 Å². The number of anilines is 1. The first-order valence-electron chi connectivity index (χ1n) is 8.02. The number of rotatable bonds is 5. The first-order valence-corrected chi connectivity index (χ1v) is 8.46. The Morgan fingerprint density at radius 2 is 1.91 bits per heavy atom. The maximum absolute atomic E-state index is 12.8. The van der Waals surface area contributed by atoms with E-state index >= 15 is 0 Å². The molecule has 0 saturated carbocycles. The highest BCUT2D eigenvalue weighted by atomic mass is 35.5. The molecule has 0 bridgehead atoms. The minimum absolute atomic E-state index is 0.0512. The highest BCUT2D eigenvalue weighted by molar-refractivity contribution is 6.33. The number of ketones is 1. The summed E-state index contributed by atoms with van der Waals surface area (Å²) in [5, 5.41) is -0.602. The quantitative estimate of drug-likeness (QED) is 0.604. The van der Waals surface area contributed by atoms with E-state index in [9.17, 15) is 9.59 Å². The summed E-state index contributed by atoms with van der Waals surface area (Å²) in [7, 11) is 0. The Balaban J connectivity index is 2.48. The van der Waals surface area contributed by atoms with E-state index in [0.717, 1.165) is 0 Å². The molecule has 1 aliphatic rings. The molecule has 1 aliphatic heterocycles. The van der Waals surface area contributed by atoms with E-state index in [1.54, 1.807) is 30.0 Å². The molecule has 4 nitrogen and oxygen atoms in total. The van der Waals surface area contributed by atoms with Gasteiger partial charge in [0, 0.05) is 12.1 Å². The Bertz CT molecular complexity index is 610. The van der Waals surface area contributed by atoms with Gasteiger partial charge in [0.25, 0.3) is 5.91 Å². The molecule has 126 valence electrons. The van der Waals surface area contributed by atoms with Crippen LogP contribution in [0.15, 0.2) is 18.2 Å². The molecule has 23 heavy (non-hydrogen) atoms.